The zero-order valence-corrected chi connectivity index (χ0v) is 11.2. The summed E-state index contributed by atoms with van der Waals surface area (Å²) in [7, 11) is 0. The van der Waals surface area contributed by atoms with E-state index in [4.69, 9.17) is 23.2 Å². The van der Waals surface area contributed by atoms with Gasteiger partial charge in [-0.2, -0.15) is 13.2 Å². The van der Waals surface area contributed by atoms with Crippen LogP contribution in [0.3, 0.4) is 0 Å². The molecule has 0 aliphatic heterocycles. The van der Waals surface area contributed by atoms with Crippen molar-refractivity contribution in [1.29, 1.82) is 0 Å². The standard InChI is InChI=1S/C14H9Cl2F3/c15-11-6-5-10(13(16)8-11)7-9-3-1-2-4-12(9)14(17,18)19/h1-6,8H,7H2. The second-order valence-corrected chi connectivity index (χ2v) is 4.91. The summed E-state index contributed by atoms with van der Waals surface area (Å²) in [6, 6.07) is 10.2. The van der Waals surface area contributed by atoms with Gasteiger partial charge in [-0.1, -0.05) is 47.5 Å². The van der Waals surface area contributed by atoms with E-state index < -0.39 is 11.7 Å². The Labute approximate surface area is 118 Å². The molecule has 0 bridgehead atoms. The number of alkyl halides is 3. The zero-order chi connectivity index (χ0) is 14.0. The molecule has 0 radical (unpaired) electrons. The van der Waals surface area contributed by atoms with Crippen molar-refractivity contribution in [3.63, 3.8) is 0 Å². The molecule has 2 aromatic carbocycles. The molecule has 0 atom stereocenters. The lowest BCUT2D eigenvalue weighted by Crippen LogP contribution is -2.09. The van der Waals surface area contributed by atoms with Crippen molar-refractivity contribution >= 4 is 23.2 Å². The third-order valence-electron chi connectivity index (χ3n) is 2.72. The Balaban J connectivity index is 2.39. The summed E-state index contributed by atoms with van der Waals surface area (Å²) in [4.78, 5) is 0. The van der Waals surface area contributed by atoms with E-state index in [0.29, 0.717) is 15.6 Å². The predicted octanol–water partition coefficient (Wildman–Crippen LogP) is 5.60. The molecule has 0 fully saturated rings. The third-order valence-corrected chi connectivity index (χ3v) is 3.31. The normalized spacial score (nSPS) is 11.6. The molecule has 2 aromatic rings. The van der Waals surface area contributed by atoms with Gasteiger partial charge in [0.05, 0.1) is 5.56 Å². The van der Waals surface area contributed by atoms with Gasteiger partial charge in [-0.05, 0) is 35.7 Å². The van der Waals surface area contributed by atoms with Crippen molar-refractivity contribution in [2.75, 3.05) is 0 Å². The van der Waals surface area contributed by atoms with Crippen LogP contribution in [-0.2, 0) is 12.6 Å². The Morgan fingerprint density at radius 3 is 2.21 bits per heavy atom. The summed E-state index contributed by atoms with van der Waals surface area (Å²) in [6.07, 6.45) is -4.25. The van der Waals surface area contributed by atoms with Gasteiger partial charge in [0.1, 0.15) is 0 Å². The fourth-order valence-corrected chi connectivity index (χ4v) is 2.30. The topological polar surface area (TPSA) is 0 Å². The first kappa shape index (κ1) is 14.2. The largest absolute Gasteiger partial charge is 0.416 e. The van der Waals surface area contributed by atoms with Gasteiger partial charge in [-0.25, -0.2) is 0 Å². The third kappa shape index (κ3) is 3.43. The van der Waals surface area contributed by atoms with E-state index in [1.54, 1.807) is 18.2 Å². The molecule has 100 valence electrons. The summed E-state index contributed by atoms with van der Waals surface area (Å²) in [5.41, 5.74) is 0.169. The summed E-state index contributed by atoms with van der Waals surface area (Å²) >= 11 is 11.7. The maximum atomic E-state index is 12.9. The zero-order valence-electron chi connectivity index (χ0n) is 9.64. The summed E-state index contributed by atoms with van der Waals surface area (Å²) < 4.78 is 38.6. The highest BCUT2D eigenvalue weighted by molar-refractivity contribution is 6.35. The van der Waals surface area contributed by atoms with Crippen LogP contribution < -0.4 is 0 Å². The summed E-state index contributed by atoms with van der Waals surface area (Å²) in [5, 5.41) is 0.822. The van der Waals surface area contributed by atoms with Crippen LogP contribution in [0.2, 0.25) is 10.0 Å². The number of rotatable bonds is 2. The molecule has 5 heteroatoms. The van der Waals surface area contributed by atoms with E-state index in [-0.39, 0.29) is 12.0 Å². The molecule has 0 spiro atoms. The van der Waals surface area contributed by atoms with Crippen molar-refractivity contribution in [2.24, 2.45) is 0 Å². The molecule has 0 amide bonds. The van der Waals surface area contributed by atoms with Gasteiger partial charge < -0.3 is 0 Å². The van der Waals surface area contributed by atoms with Gasteiger partial charge in [0.15, 0.2) is 0 Å². The lowest BCUT2D eigenvalue weighted by Gasteiger charge is -2.13. The van der Waals surface area contributed by atoms with Crippen LogP contribution in [0.4, 0.5) is 13.2 Å². The van der Waals surface area contributed by atoms with Crippen molar-refractivity contribution in [1.82, 2.24) is 0 Å². The van der Waals surface area contributed by atoms with E-state index in [1.807, 2.05) is 0 Å². The minimum absolute atomic E-state index is 0.117. The molecule has 0 aromatic heterocycles. The summed E-state index contributed by atoms with van der Waals surface area (Å²) in [5.74, 6) is 0. The molecule has 0 saturated heterocycles. The van der Waals surface area contributed by atoms with Crippen LogP contribution in [0.15, 0.2) is 42.5 Å². The highest BCUT2D eigenvalue weighted by Gasteiger charge is 2.32. The average molecular weight is 305 g/mol. The van der Waals surface area contributed by atoms with E-state index in [0.717, 1.165) is 6.07 Å². The molecule has 2 rings (SSSR count). The lowest BCUT2D eigenvalue weighted by atomic mass is 9.99. The molecular formula is C14H9Cl2F3. The van der Waals surface area contributed by atoms with Gasteiger partial charge in [-0.15, -0.1) is 0 Å². The molecule has 0 saturated carbocycles. The van der Waals surface area contributed by atoms with Crippen molar-refractivity contribution in [2.45, 2.75) is 12.6 Å². The maximum absolute atomic E-state index is 12.9. The molecule has 0 nitrogen and oxygen atoms in total. The van der Waals surface area contributed by atoms with Crippen LogP contribution in [0.5, 0.6) is 0 Å². The number of hydrogen-bond acceptors (Lipinski definition) is 0. The fourth-order valence-electron chi connectivity index (χ4n) is 1.82. The Morgan fingerprint density at radius 1 is 0.895 bits per heavy atom. The Morgan fingerprint density at radius 2 is 1.58 bits per heavy atom. The van der Waals surface area contributed by atoms with Crippen LogP contribution in [0, 0.1) is 0 Å². The molecule has 0 heterocycles. The van der Waals surface area contributed by atoms with Crippen molar-refractivity contribution in [3.8, 4) is 0 Å². The monoisotopic (exact) mass is 304 g/mol. The van der Waals surface area contributed by atoms with Gasteiger partial charge in [-0.3, -0.25) is 0 Å². The number of benzene rings is 2. The molecule has 0 aliphatic carbocycles. The molecule has 19 heavy (non-hydrogen) atoms. The Kier molecular flexibility index (Phi) is 4.07. The van der Waals surface area contributed by atoms with Crippen LogP contribution in [0.25, 0.3) is 0 Å². The first-order valence-electron chi connectivity index (χ1n) is 5.47. The molecule has 0 N–H and O–H groups in total. The van der Waals surface area contributed by atoms with Gasteiger partial charge in [0.25, 0.3) is 0 Å². The van der Waals surface area contributed by atoms with Crippen LogP contribution >= 0.6 is 23.2 Å². The quantitative estimate of drug-likeness (QED) is 0.677. The molecular weight excluding hydrogens is 296 g/mol. The van der Waals surface area contributed by atoms with Crippen LogP contribution in [0.1, 0.15) is 16.7 Å². The Bertz CT molecular complexity index is 591. The smallest absolute Gasteiger partial charge is 0.166 e. The first-order chi connectivity index (χ1) is 8.88. The molecule has 0 aliphatic rings. The van der Waals surface area contributed by atoms with Crippen molar-refractivity contribution in [3.05, 3.63) is 69.2 Å². The minimum atomic E-state index is -4.37. The number of halogens is 5. The van der Waals surface area contributed by atoms with Crippen LogP contribution in [-0.4, -0.2) is 0 Å². The predicted molar refractivity (Wildman–Crippen MR) is 70.7 cm³/mol. The number of hydrogen-bond donors (Lipinski definition) is 0. The highest BCUT2D eigenvalue weighted by atomic mass is 35.5. The second kappa shape index (κ2) is 5.43. The average Bonchev–Trinajstić information content (AvgIpc) is 2.32. The van der Waals surface area contributed by atoms with Gasteiger partial charge in [0, 0.05) is 10.0 Å². The van der Waals surface area contributed by atoms with E-state index >= 15 is 0 Å². The SMILES string of the molecule is FC(F)(F)c1ccccc1Cc1ccc(Cl)cc1Cl. The van der Waals surface area contributed by atoms with E-state index in [1.165, 1.54) is 18.2 Å². The van der Waals surface area contributed by atoms with Gasteiger partial charge in [0.2, 0.25) is 0 Å². The fraction of sp³-hybridized carbons (Fsp3) is 0.143. The summed E-state index contributed by atoms with van der Waals surface area (Å²) in [6.45, 7) is 0. The van der Waals surface area contributed by atoms with E-state index in [2.05, 4.69) is 0 Å². The van der Waals surface area contributed by atoms with E-state index in [9.17, 15) is 13.2 Å². The Hall–Kier alpha value is -1.19. The first-order valence-corrected chi connectivity index (χ1v) is 6.22. The van der Waals surface area contributed by atoms with Crippen molar-refractivity contribution < 1.29 is 13.2 Å². The molecule has 0 unspecified atom stereocenters. The maximum Gasteiger partial charge on any atom is 0.416 e. The highest BCUT2D eigenvalue weighted by Crippen LogP contribution is 2.33. The second-order valence-electron chi connectivity index (χ2n) is 4.07. The van der Waals surface area contributed by atoms with Gasteiger partial charge >= 0.3 is 6.18 Å². The minimum Gasteiger partial charge on any atom is -0.166 e. The lowest BCUT2D eigenvalue weighted by molar-refractivity contribution is -0.138.